The Labute approximate surface area is 163 Å². The summed E-state index contributed by atoms with van der Waals surface area (Å²) < 4.78 is 16.9. The fourth-order valence-corrected chi connectivity index (χ4v) is 2.56. The molecule has 29 heavy (non-hydrogen) atoms. The minimum atomic E-state index is -0.489. The molecule has 0 saturated carbocycles. The van der Waals surface area contributed by atoms with Crippen LogP contribution in [0.1, 0.15) is 16.4 Å². The molecular weight excluding hydrogens is 380 g/mol. The van der Waals surface area contributed by atoms with Crippen LogP contribution in [0.25, 0.3) is 23.0 Å². The SMILES string of the molecule is COCc1nc(-c2nn(C)cc2NC(=O)c2coc(-c3ccnc(N)c3)n2)no1. The largest absolute Gasteiger partial charge is 0.444 e. The second-order valence-electron chi connectivity index (χ2n) is 5.97. The number of amides is 1. The number of nitrogens with two attached hydrogens (primary N) is 1. The van der Waals surface area contributed by atoms with Crippen molar-refractivity contribution in [2.24, 2.45) is 7.05 Å². The van der Waals surface area contributed by atoms with Gasteiger partial charge in [0.15, 0.2) is 11.4 Å². The van der Waals surface area contributed by atoms with Gasteiger partial charge in [0.25, 0.3) is 11.8 Å². The molecule has 0 aliphatic carbocycles. The average Bonchev–Trinajstić information content (AvgIpc) is 3.42. The number of anilines is 2. The molecular formula is C17H16N8O4. The van der Waals surface area contributed by atoms with Crippen molar-refractivity contribution in [1.82, 2.24) is 29.9 Å². The molecule has 12 nitrogen and oxygen atoms in total. The molecule has 0 atom stereocenters. The Kier molecular flexibility index (Phi) is 4.75. The van der Waals surface area contributed by atoms with Crippen LogP contribution in [0.3, 0.4) is 0 Å². The molecule has 0 aliphatic heterocycles. The highest BCUT2D eigenvalue weighted by Gasteiger charge is 2.21. The van der Waals surface area contributed by atoms with Gasteiger partial charge in [-0.2, -0.15) is 10.1 Å². The predicted octanol–water partition coefficient (Wildman–Crippen LogP) is 1.50. The lowest BCUT2D eigenvalue weighted by Gasteiger charge is -2.00. The standard InChI is InChI=1S/C17H16N8O4/c1-25-6-10(14(23-25)15-22-13(8-27-2)29-24-15)20-16(26)11-7-28-17(21-11)9-3-4-19-12(18)5-9/h3-7H,8H2,1-2H3,(H2,18,19)(H,20,26). The molecule has 0 aromatic carbocycles. The zero-order valence-electron chi connectivity index (χ0n) is 15.5. The number of ether oxygens (including phenoxy) is 1. The Bertz CT molecular complexity index is 1160. The Morgan fingerprint density at radius 2 is 2.24 bits per heavy atom. The van der Waals surface area contributed by atoms with E-state index in [4.69, 9.17) is 19.4 Å². The molecule has 0 radical (unpaired) electrons. The Morgan fingerprint density at radius 3 is 3.03 bits per heavy atom. The third kappa shape index (κ3) is 3.82. The zero-order chi connectivity index (χ0) is 20.4. The molecule has 0 fully saturated rings. The summed E-state index contributed by atoms with van der Waals surface area (Å²) in [6.45, 7) is 0.169. The third-order valence-electron chi connectivity index (χ3n) is 3.79. The first-order valence-corrected chi connectivity index (χ1v) is 8.38. The number of pyridine rings is 1. The number of nitrogen functional groups attached to an aromatic ring is 1. The fourth-order valence-electron chi connectivity index (χ4n) is 2.56. The van der Waals surface area contributed by atoms with Gasteiger partial charge in [0.2, 0.25) is 11.7 Å². The van der Waals surface area contributed by atoms with Crippen molar-refractivity contribution >= 4 is 17.4 Å². The fraction of sp³-hybridized carbons (Fsp3) is 0.176. The maximum absolute atomic E-state index is 12.6. The van der Waals surface area contributed by atoms with Crippen molar-refractivity contribution in [2.45, 2.75) is 6.61 Å². The van der Waals surface area contributed by atoms with Gasteiger partial charge < -0.3 is 24.7 Å². The Balaban J connectivity index is 1.56. The number of aryl methyl sites for hydroxylation is 1. The number of nitrogens with one attached hydrogen (secondary N) is 1. The molecule has 12 heteroatoms. The maximum Gasteiger partial charge on any atom is 0.277 e. The van der Waals surface area contributed by atoms with E-state index < -0.39 is 5.91 Å². The molecule has 0 unspecified atom stereocenters. The number of aromatic nitrogens is 6. The molecule has 4 aromatic heterocycles. The summed E-state index contributed by atoms with van der Waals surface area (Å²) in [5.74, 6) is 0.596. The number of carbonyl (C=O) groups excluding carboxylic acids is 1. The van der Waals surface area contributed by atoms with Gasteiger partial charge in [-0.15, -0.1) is 0 Å². The first kappa shape index (κ1) is 18.3. The number of hydrogen-bond acceptors (Lipinski definition) is 10. The Hall–Kier alpha value is -4.06. The minimum absolute atomic E-state index is 0.0818. The van der Waals surface area contributed by atoms with Crippen LogP contribution in [-0.2, 0) is 18.4 Å². The second kappa shape index (κ2) is 7.52. The van der Waals surface area contributed by atoms with Crippen molar-refractivity contribution in [3.8, 4) is 23.0 Å². The van der Waals surface area contributed by atoms with Gasteiger partial charge in [0, 0.05) is 32.1 Å². The summed E-state index contributed by atoms with van der Waals surface area (Å²) in [6, 6.07) is 3.28. The highest BCUT2D eigenvalue weighted by molar-refractivity contribution is 6.04. The van der Waals surface area contributed by atoms with Crippen molar-refractivity contribution in [1.29, 1.82) is 0 Å². The van der Waals surface area contributed by atoms with Crippen LogP contribution in [0.2, 0.25) is 0 Å². The summed E-state index contributed by atoms with van der Waals surface area (Å²) in [5, 5.41) is 10.9. The highest BCUT2D eigenvalue weighted by atomic mass is 16.5. The van der Waals surface area contributed by atoms with E-state index in [2.05, 4.69) is 30.5 Å². The van der Waals surface area contributed by atoms with E-state index in [1.165, 1.54) is 24.3 Å². The molecule has 3 N–H and O–H groups in total. The summed E-state index contributed by atoms with van der Waals surface area (Å²) in [4.78, 5) is 24.9. The first-order valence-electron chi connectivity index (χ1n) is 8.38. The van der Waals surface area contributed by atoms with Gasteiger partial charge in [0.1, 0.15) is 18.7 Å². The van der Waals surface area contributed by atoms with Gasteiger partial charge in [-0.3, -0.25) is 9.48 Å². The van der Waals surface area contributed by atoms with E-state index in [1.807, 2.05) is 0 Å². The van der Waals surface area contributed by atoms with Gasteiger partial charge in [-0.25, -0.2) is 9.97 Å². The summed E-state index contributed by atoms with van der Waals surface area (Å²) in [5.41, 5.74) is 7.09. The highest BCUT2D eigenvalue weighted by Crippen LogP contribution is 2.25. The topological polar surface area (TPSA) is 160 Å². The summed E-state index contributed by atoms with van der Waals surface area (Å²) >= 11 is 0. The number of rotatable bonds is 6. The lowest BCUT2D eigenvalue weighted by molar-refractivity contribution is 0.102. The first-order chi connectivity index (χ1) is 14.0. The van der Waals surface area contributed by atoms with E-state index in [9.17, 15) is 4.79 Å². The van der Waals surface area contributed by atoms with Gasteiger partial charge in [0.05, 0.1) is 5.69 Å². The lowest BCUT2D eigenvalue weighted by Crippen LogP contribution is -2.12. The van der Waals surface area contributed by atoms with Crippen molar-refractivity contribution in [3.05, 3.63) is 42.4 Å². The lowest BCUT2D eigenvalue weighted by atomic mass is 10.2. The van der Waals surface area contributed by atoms with E-state index in [1.54, 1.807) is 25.4 Å². The van der Waals surface area contributed by atoms with Crippen molar-refractivity contribution < 1.29 is 18.5 Å². The summed E-state index contributed by atoms with van der Waals surface area (Å²) in [7, 11) is 3.22. The normalized spacial score (nSPS) is 11.0. The van der Waals surface area contributed by atoms with Crippen LogP contribution < -0.4 is 11.1 Å². The zero-order valence-corrected chi connectivity index (χ0v) is 15.5. The molecule has 1 amide bonds. The molecule has 148 valence electrons. The van der Waals surface area contributed by atoms with Crippen molar-refractivity contribution in [3.63, 3.8) is 0 Å². The van der Waals surface area contributed by atoms with E-state index >= 15 is 0 Å². The van der Waals surface area contributed by atoms with Crippen LogP contribution >= 0.6 is 0 Å². The van der Waals surface area contributed by atoms with E-state index in [0.29, 0.717) is 28.7 Å². The van der Waals surface area contributed by atoms with E-state index in [0.717, 1.165) is 0 Å². The number of methoxy groups -OCH3 is 1. The minimum Gasteiger partial charge on any atom is -0.444 e. The molecule has 4 aromatic rings. The number of nitrogens with zero attached hydrogens (tertiary/aromatic N) is 6. The average molecular weight is 396 g/mol. The van der Waals surface area contributed by atoms with Crippen LogP contribution in [-0.4, -0.2) is 42.9 Å². The van der Waals surface area contributed by atoms with E-state index in [-0.39, 0.29) is 24.0 Å². The monoisotopic (exact) mass is 396 g/mol. The number of carbonyl (C=O) groups is 1. The smallest absolute Gasteiger partial charge is 0.277 e. The molecule has 0 saturated heterocycles. The second-order valence-corrected chi connectivity index (χ2v) is 5.97. The van der Waals surface area contributed by atoms with Crippen LogP contribution in [0.15, 0.2) is 39.7 Å². The Morgan fingerprint density at radius 1 is 1.38 bits per heavy atom. The predicted molar refractivity (Wildman–Crippen MR) is 99.3 cm³/mol. The molecule has 0 aliphatic rings. The van der Waals surface area contributed by atoms with Gasteiger partial charge in [-0.05, 0) is 12.1 Å². The van der Waals surface area contributed by atoms with Crippen LogP contribution in [0.5, 0.6) is 0 Å². The quantitative estimate of drug-likeness (QED) is 0.488. The van der Waals surface area contributed by atoms with Crippen LogP contribution in [0, 0.1) is 0 Å². The number of hydrogen-bond donors (Lipinski definition) is 2. The molecule has 4 rings (SSSR count). The van der Waals surface area contributed by atoms with Crippen molar-refractivity contribution in [2.75, 3.05) is 18.2 Å². The molecule has 0 spiro atoms. The molecule has 0 bridgehead atoms. The van der Waals surface area contributed by atoms with Gasteiger partial charge in [-0.1, -0.05) is 5.16 Å². The summed E-state index contributed by atoms with van der Waals surface area (Å²) in [6.07, 6.45) is 4.39. The third-order valence-corrected chi connectivity index (χ3v) is 3.79. The van der Waals surface area contributed by atoms with Gasteiger partial charge >= 0.3 is 0 Å². The van der Waals surface area contributed by atoms with Crippen LogP contribution in [0.4, 0.5) is 11.5 Å². The molecule has 4 heterocycles. The number of oxazole rings is 1. The maximum atomic E-state index is 12.6.